The highest BCUT2D eigenvalue weighted by Crippen LogP contribution is 2.30. The van der Waals surface area contributed by atoms with Gasteiger partial charge in [-0.1, -0.05) is 0 Å². The van der Waals surface area contributed by atoms with Crippen LogP contribution in [0.2, 0.25) is 0 Å². The van der Waals surface area contributed by atoms with E-state index in [0.717, 1.165) is 25.9 Å². The third-order valence-corrected chi connectivity index (χ3v) is 6.70. The number of halogens is 1. The van der Waals surface area contributed by atoms with E-state index in [1.807, 2.05) is 7.05 Å². The van der Waals surface area contributed by atoms with Gasteiger partial charge in [0.2, 0.25) is 5.88 Å². The van der Waals surface area contributed by atoms with Crippen molar-refractivity contribution >= 4 is 16.9 Å². The molecule has 5 heterocycles. The van der Waals surface area contributed by atoms with Crippen LogP contribution in [0.25, 0.3) is 11.0 Å². The molecule has 0 spiro atoms. The number of fused-ring (bicyclic) bond motifs is 2. The van der Waals surface area contributed by atoms with Gasteiger partial charge in [-0.25, -0.2) is 14.4 Å². The lowest BCUT2D eigenvalue weighted by Crippen LogP contribution is -2.46. The zero-order valence-corrected chi connectivity index (χ0v) is 19.9. The molecule has 0 bridgehead atoms. The Balaban J connectivity index is 1.19. The molecule has 3 aromatic rings. The lowest BCUT2D eigenvalue weighted by atomic mass is 10.0. The van der Waals surface area contributed by atoms with Gasteiger partial charge in [0.15, 0.2) is 11.5 Å². The minimum atomic E-state index is -0.356. The number of hydrogen-bond acceptors (Lipinski definition) is 8. The Morgan fingerprint density at radius 2 is 1.94 bits per heavy atom. The molecule has 0 N–H and O–H groups in total. The number of aromatic nitrogens is 3. The molecule has 0 aliphatic carbocycles. The number of carbonyl (C=O) groups is 1. The molecule has 0 aromatic carbocycles. The lowest BCUT2D eigenvalue weighted by molar-refractivity contribution is 0.0636. The molecule has 0 radical (unpaired) electrons. The number of nitrogens with zero attached hydrogens (tertiary/aromatic N) is 5. The smallest absolute Gasteiger partial charge is 0.272 e. The maximum atomic E-state index is 14.6. The minimum Gasteiger partial charge on any atom is -0.486 e. The molecule has 2 aliphatic rings. The van der Waals surface area contributed by atoms with Gasteiger partial charge < -0.3 is 24.0 Å². The first-order chi connectivity index (χ1) is 17.0. The molecule has 5 rings (SSSR count). The van der Waals surface area contributed by atoms with Crippen molar-refractivity contribution in [2.75, 3.05) is 47.0 Å². The Hall–Kier alpha value is -3.53. The molecular formula is C25H28FN5O4. The van der Waals surface area contributed by atoms with E-state index in [4.69, 9.17) is 14.2 Å². The van der Waals surface area contributed by atoms with Gasteiger partial charge in [-0.05, 0) is 25.3 Å². The summed E-state index contributed by atoms with van der Waals surface area (Å²) in [5.74, 6) is 1.07. The van der Waals surface area contributed by atoms with E-state index in [1.54, 1.807) is 29.3 Å². The van der Waals surface area contributed by atoms with Crippen LogP contribution in [0.15, 0.2) is 30.6 Å². The molecule has 9 nitrogen and oxygen atoms in total. The number of pyridine rings is 3. The second-order valence-electron chi connectivity index (χ2n) is 8.76. The Labute approximate surface area is 202 Å². The molecule has 1 fully saturated rings. The van der Waals surface area contributed by atoms with Crippen molar-refractivity contribution in [2.45, 2.75) is 25.3 Å². The second-order valence-corrected chi connectivity index (χ2v) is 8.76. The van der Waals surface area contributed by atoms with Crippen LogP contribution in [0.5, 0.6) is 17.4 Å². The average Bonchev–Trinajstić information content (AvgIpc) is 2.91. The average molecular weight is 482 g/mol. The quantitative estimate of drug-likeness (QED) is 0.531. The molecule has 184 valence electrons. The number of amides is 1. The molecule has 10 heteroatoms. The molecule has 0 unspecified atom stereocenters. The first kappa shape index (κ1) is 23.2. The molecule has 0 atom stereocenters. The SMILES string of the molecule is COc1ccc2ncc(F)c(CCN3CCC(N(C)C(=O)c4cc5c(cn4)OCCO5)CC3)c2n1. The van der Waals surface area contributed by atoms with Gasteiger partial charge in [-0.15, -0.1) is 0 Å². The summed E-state index contributed by atoms with van der Waals surface area (Å²) in [6.45, 7) is 3.27. The van der Waals surface area contributed by atoms with Crippen molar-refractivity contribution in [1.29, 1.82) is 0 Å². The highest BCUT2D eigenvalue weighted by molar-refractivity contribution is 5.93. The summed E-state index contributed by atoms with van der Waals surface area (Å²) in [7, 11) is 3.36. The van der Waals surface area contributed by atoms with Crippen LogP contribution in [-0.2, 0) is 6.42 Å². The monoisotopic (exact) mass is 481 g/mol. The van der Waals surface area contributed by atoms with E-state index in [9.17, 15) is 9.18 Å². The van der Waals surface area contributed by atoms with Crippen LogP contribution in [0.1, 0.15) is 28.9 Å². The fraction of sp³-hybridized carbons (Fsp3) is 0.440. The number of rotatable bonds is 6. The van der Waals surface area contributed by atoms with E-state index >= 15 is 0 Å². The number of ether oxygens (including phenoxy) is 3. The van der Waals surface area contributed by atoms with Gasteiger partial charge in [-0.2, -0.15) is 0 Å². The second kappa shape index (κ2) is 9.99. The standard InChI is InChI=1S/C25H28FN5O4/c1-30(25(32)20-13-21-22(15-28-20)35-12-11-34-21)16-5-8-31(9-6-16)10-7-17-18(26)14-27-19-3-4-23(33-2)29-24(17)19/h3-4,13-16H,5-12H2,1-2H3. The molecule has 1 amide bonds. The maximum Gasteiger partial charge on any atom is 0.272 e. The van der Waals surface area contributed by atoms with Crippen molar-refractivity contribution in [3.63, 3.8) is 0 Å². The van der Waals surface area contributed by atoms with Gasteiger partial charge >= 0.3 is 0 Å². The fourth-order valence-electron chi connectivity index (χ4n) is 4.64. The topological polar surface area (TPSA) is 89.9 Å². The zero-order valence-electron chi connectivity index (χ0n) is 19.9. The molecule has 0 saturated carbocycles. The number of hydrogen-bond donors (Lipinski definition) is 0. The summed E-state index contributed by atoms with van der Waals surface area (Å²) < 4.78 is 30.9. The predicted octanol–water partition coefficient (Wildman–Crippen LogP) is 2.72. The number of likely N-dealkylation sites (tertiary alicyclic amines) is 1. The first-order valence-electron chi connectivity index (χ1n) is 11.8. The Kier molecular flexibility index (Phi) is 6.63. The van der Waals surface area contributed by atoms with Crippen molar-refractivity contribution in [3.05, 3.63) is 47.7 Å². The van der Waals surface area contributed by atoms with Crippen LogP contribution in [-0.4, -0.2) is 83.7 Å². The summed E-state index contributed by atoms with van der Waals surface area (Å²) in [5, 5.41) is 0. The van der Waals surface area contributed by atoms with Gasteiger partial charge in [0.1, 0.15) is 24.7 Å². The van der Waals surface area contributed by atoms with Crippen LogP contribution >= 0.6 is 0 Å². The zero-order chi connectivity index (χ0) is 24.4. The molecule has 35 heavy (non-hydrogen) atoms. The molecule has 3 aromatic heterocycles. The largest absolute Gasteiger partial charge is 0.486 e. The van der Waals surface area contributed by atoms with E-state index < -0.39 is 0 Å². The van der Waals surface area contributed by atoms with E-state index in [1.165, 1.54) is 13.3 Å². The minimum absolute atomic E-state index is 0.109. The summed E-state index contributed by atoms with van der Waals surface area (Å²) in [5.41, 5.74) is 2.08. The number of piperidine rings is 1. The van der Waals surface area contributed by atoms with Crippen molar-refractivity contribution in [2.24, 2.45) is 0 Å². The summed E-state index contributed by atoms with van der Waals surface area (Å²) in [6.07, 6.45) is 4.98. The van der Waals surface area contributed by atoms with Crippen molar-refractivity contribution in [1.82, 2.24) is 24.8 Å². The normalized spacial score (nSPS) is 16.3. The third-order valence-electron chi connectivity index (χ3n) is 6.70. The number of methoxy groups -OCH3 is 1. The van der Waals surface area contributed by atoms with E-state index in [-0.39, 0.29) is 17.8 Å². The highest BCUT2D eigenvalue weighted by Gasteiger charge is 2.28. The Morgan fingerprint density at radius 3 is 2.71 bits per heavy atom. The molecular weight excluding hydrogens is 453 g/mol. The van der Waals surface area contributed by atoms with Gasteiger partial charge in [0.05, 0.1) is 30.5 Å². The fourth-order valence-corrected chi connectivity index (χ4v) is 4.64. The Morgan fingerprint density at radius 1 is 1.17 bits per heavy atom. The van der Waals surface area contributed by atoms with E-state index in [2.05, 4.69) is 19.9 Å². The predicted molar refractivity (Wildman–Crippen MR) is 127 cm³/mol. The van der Waals surface area contributed by atoms with Crippen LogP contribution in [0.4, 0.5) is 4.39 Å². The van der Waals surface area contributed by atoms with Gasteiger partial charge in [0, 0.05) is 50.4 Å². The lowest BCUT2D eigenvalue weighted by Gasteiger charge is -2.36. The van der Waals surface area contributed by atoms with E-state index in [0.29, 0.717) is 65.8 Å². The third kappa shape index (κ3) is 4.84. The summed E-state index contributed by atoms with van der Waals surface area (Å²) in [4.78, 5) is 29.9. The van der Waals surface area contributed by atoms with Crippen LogP contribution in [0.3, 0.4) is 0 Å². The number of carbonyl (C=O) groups excluding carboxylic acids is 1. The molecule has 1 saturated heterocycles. The first-order valence-corrected chi connectivity index (χ1v) is 11.8. The molecule has 2 aliphatic heterocycles. The van der Waals surface area contributed by atoms with Crippen LogP contribution in [0, 0.1) is 5.82 Å². The maximum absolute atomic E-state index is 14.6. The highest BCUT2D eigenvalue weighted by atomic mass is 19.1. The van der Waals surface area contributed by atoms with Crippen molar-refractivity contribution < 1.29 is 23.4 Å². The summed E-state index contributed by atoms with van der Waals surface area (Å²) >= 11 is 0. The Bertz CT molecular complexity index is 1230. The van der Waals surface area contributed by atoms with Crippen LogP contribution < -0.4 is 14.2 Å². The summed E-state index contributed by atoms with van der Waals surface area (Å²) in [6, 6.07) is 5.27. The van der Waals surface area contributed by atoms with Gasteiger partial charge in [0.25, 0.3) is 5.91 Å². The van der Waals surface area contributed by atoms with Gasteiger partial charge in [-0.3, -0.25) is 9.78 Å². The van der Waals surface area contributed by atoms with Crippen molar-refractivity contribution in [3.8, 4) is 17.4 Å².